The van der Waals surface area contributed by atoms with Gasteiger partial charge in [0.05, 0.1) is 11.5 Å². The maximum absolute atomic E-state index is 11.3. The molecule has 0 amide bonds. The Bertz CT molecular complexity index is 533. The molecule has 0 spiro atoms. The zero-order valence-corrected chi connectivity index (χ0v) is 10.0. The summed E-state index contributed by atoms with van der Waals surface area (Å²) >= 11 is 0. The molecule has 0 saturated carbocycles. The predicted molar refractivity (Wildman–Crippen MR) is 56.5 cm³/mol. The van der Waals surface area contributed by atoms with Crippen molar-refractivity contribution in [3.8, 4) is 0 Å². The van der Waals surface area contributed by atoms with Gasteiger partial charge in [-0.2, -0.15) is 0 Å². The summed E-state index contributed by atoms with van der Waals surface area (Å²) < 4.78 is 27.7. The Balaban J connectivity index is 2.24. The van der Waals surface area contributed by atoms with Gasteiger partial charge in [-0.1, -0.05) is 6.92 Å². The lowest BCUT2D eigenvalue weighted by Gasteiger charge is -2.29. The lowest BCUT2D eigenvalue weighted by molar-refractivity contribution is 0.0648. The van der Waals surface area contributed by atoms with E-state index in [2.05, 4.69) is 10.2 Å². The second-order valence-electron chi connectivity index (χ2n) is 4.43. The minimum absolute atomic E-state index is 0.0638. The fourth-order valence-electron chi connectivity index (χ4n) is 1.76. The molecule has 2 rings (SSSR count). The van der Waals surface area contributed by atoms with Crippen LogP contribution in [0.4, 0.5) is 0 Å². The highest BCUT2D eigenvalue weighted by atomic mass is 32.2. The number of carboxylic acid groups (broad SMARTS) is 1. The molecule has 0 radical (unpaired) electrons. The van der Waals surface area contributed by atoms with E-state index in [0.29, 0.717) is 12.8 Å². The molecule has 0 aromatic carbocycles. The molecule has 1 aliphatic rings. The van der Waals surface area contributed by atoms with Crippen LogP contribution in [0.2, 0.25) is 0 Å². The van der Waals surface area contributed by atoms with E-state index in [0.717, 1.165) is 0 Å². The summed E-state index contributed by atoms with van der Waals surface area (Å²) in [5.74, 6) is -1.42. The van der Waals surface area contributed by atoms with Gasteiger partial charge in [-0.15, -0.1) is 10.2 Å². The van der Waals surface area contributed by atoms with Crippen LogP contribution >= 0.6 is 0 Å². The van der Waals surface area contributed by atoms with Gasteiger partial charge in [-0.25, -0.2) is 13.2 Å². The van der Waals surface area contributed by atoms with Crippen molar-refractivity contribution in [3.05, 3.63) is 11.8 Å². The summed E-state index contributed by atoms with van der Waals surface area (Å²) in [7, 11) is -2.98. The van der Waals surface area contributed by atoms with Crippen molar-refractivity contribution >= 4 is 15.8 Å². The van der Waals surface area contributed by atoms with Crippen molar-refractivity contribution in [2.75, 3.05) is 11.5 Å². The minimum atomic E-state index is -2.98. The third kappa shape index (κ3) is 2.31. The lowest BCUT2D eigenvalue weighted by Crippen LogP contribution is -2.34. The van der Waals surface area contributed by atoms with E-state index in [-0.39, 0.29) is 17.4 Å². The Labute approximate surface area is 97.8 Å². The molecule has 94 valence electrons. The van der Waals surface area contributed by atoms with Crippen molar-refractivity contribution in [3.63, 3.8) is 0 Å². The first-order chi connectivity index (χ1) is 7.82. The molecule has 0 atom stereocenters. The Kier molecular flexibility index (Phi) is 2.69. The van der Waals surface area contributed by atoms with Gasteiger partial charge in [-0.3, -0.25) is 0 Å². The molecular formula is C9H12N2O5S. The molecule has 1 saturated heterocycles. The molecule has 1 aliphatic heterocycles. The van der Waals surface area contributed by atoms with Gasteiger partial charge in [0.1, 0.15) is 9.84 Å². The molecule has 1 aromatic heterocycles. The van der Waals surface area contributed by atoms with Gasteiger partial charge < -0.3 is 9.52 Å². The molecule has 7 nitrogen and oxygen atoms in total. The minimum Gasteiger partial charge on any atom is -0.474 e. The third-order valence-electron chi connectivity index (χ3n) is 3.05. The Morgan fingerprint density at radius 2 is 1.94 bits per heavy atom. The SMILES string of the molecule is CC1(c2nnc(C(=O)O)o2)CCS(=O)(=O)CC1. The first-order valence-corrected chi connectivity index (χ1v) is 6.92. The maximum atomic E-state index is 11.3. The molecule has 1 N–H and O–H groups in total. The molecule has 2 heterocycles. The zero-order valence-electron chi connectivity index (χ0n) is 9.21. The van der Waals surface area contributed by atoms with Gasteiger partial charge in [-0.05, 0) is 12.8 Å². The van der Waals surface area contributed by atoms with Crippen LogP contribution in [0, 0.1) is 0 Å². The van der Waals surface area contributed by atoms with E-state index in [9.17, 15) is 13.2 Å². The van der Waals surface area contributed by atoms with E-state index in [4.69, 9.17) is 9.52 Å². The highest BCUT2D eigenvalue weighted by Gasteiger charge is 2.39. The number of carbonyl (C=O) groups is 1. The van der Waals surface area contributed by atoms with Gasteiger partial charge in [0.15, 0.2) is 0 Å². The average molecular weight is 260 g/mol. The number of carboxylic acids is 1. The largest absolute Gasteiger partial charge is 0.474 e. The summed E-state index contributed by atoms with van der Waals surface area (Å²) in [5.41, 5.74) is -0.550. The van der Waals surface area contributed by atoms with Crippen LogP contribution in [0.1, 0.15) is 36.3 Å². The third-order valence-corrected chi connectivity index (χ3v) is 4.71. The van der Waals surface area contributed by atoms with E-state index in [1.807, 2.05) is 0 Å². The molecular weight excluding hydrogens is 248 g/mol. The van der Waals surface area contributed by atoms with Crippen molar-refractivity contribution in [1.29, 1.82) is 0 Å². The number of hydrogen-bond acceptors (Lipinski definition) is 6. The first-order valence-electron chi connectivity index (χ1n) is 5.10. The predicted octanol–water partition coefficient (Wildman–Crippen LogP) is 0.234. The molecule has 1 aromatic rings. The van der Waals surface area contributed by atoms with Gasteiger partial charge in [0, 0.05) is 5.41 Å². The van der Waals surface area contributed by atoms with Crippen molar-refractivity contribution in [2.45, 2.75) is 25.2 Å². The summed E-state index contributed by atoms with van der Waals surface area (Å²) in [6.07, 6.45) is 0.743. The lowest BCUT2D eigenvalue weighted by atomic mass is 9.84. The van der Waals surface area contributed by atoms with Crippen LogP contribution in [0.5, 0.6) is 0 Å². The van der Waals surface area contributed by atoms with Crippen molar-refractivity contribution in [1.82, 2.24) is 10.2 Å². The van der Waals surface area contributed by atoms with Crippen LogP contribution < -0.4 is 0 Å². The highest BCUT2D eigenvalue weighted by Crippen LogP contribution is 2.34. The standard InChI is InChI=1S/C9H12N2O5S/c1-9(2-4-17(14,15)5-3-9)8-11-10-6(16-8)7(12)13/h2-5H2,1H3,(H,12,13). The first kappa shape index (κ1) is 12.0. The molecule has 8 heteroatoms. The van der Waals surface area contributed by atoms with Crippen LogP contribution in [-0.4, -0.2) is 41.2 Å². The summed E-state index contributed by atoms with van der Waals surface area (Å²) in [5, 5.41) is 15.8. The van der Waals surface area contributed by atoms with Crippen molar-refractivity contribution < 1.29 is 22.7 Å². The molecule has 0 unspecified atom stereocenters. The number of aromatic nitrogens is 2. The normalized spacial score (nSPS) is 22.2. The van der Waals surface area contributed by atoms with Crippen LogP contribution in [0.15, 0.2) is 4.42 Å². The number of rotatable bonds is 2. The molecule has 17 heavy (non-hydrogen) atoms. The zero-order chi connectivity index (χ0) is 12.7. The van der Waals surface area contributed by atoms with Gasteiger partial charge in [0.2, 0.25) is 5.89 Å². The van der Waals surface area contributed by atoms with E-state index in [1.54, 1.807) is 6.92 Å². The average Bonchev–Trinajstić information content (AvgIpc) is 2.73. The number of sulfone groups is 1. The van der Waals surface area contributed by atoms with E-state index < -0.39 is 27.1 Å². The molecule has 1 fully saturated rings. The van der Waals surface area contributed by atoms with Crippen LogP contribution in [0.3, 0.4) is 0 Å². The summed E-state index contributed by atoms with van der Waals surface area (Å²) in [4.78, 5) is 10.6. The summed E-state index contributed by atoms with van der Waals surface area (Å²) in [6, 6.07) is 0. The summed E-state index contributed by atoms with van der Waals surface area (Å²) in [6.45, 7) is 1.81. The topological polar surface area (TPSA) is 110 Å². The van der Waals surface area contributed by atoms with Crippen molar-refractivity contribution in [2.24, 2.45) is 0 Å². The monoisotopic (exact) mass is 260 g/mol. The quantitative estimate of drug-likeness (QED) is 0.810. The Hall–Kier alpha value is -1.44. The van der Waals surface area contributed by atoms with Gasteiger partial charge in [0.25, 0.3) is 0 Å². The number of aromatic carboxylic acids is 1. The van der Waals surface area contributed by atoms with Crippen LogP contribution in [-0.2, 0) is 15.3 Å². The fraction of sp³-hybridized carbons (Fsp3) is 0.667. The molecule has 0 bridgehead atoms. The highest BCUT2D eigenvalue weighted by molar-refractivity contribution is 7.91. The fourth-order valence-corrected chi connectivity index (χ4v) is 3.48. The number of hydrogen-bond donors (Lipinski definition) is 1. The second-order valence-corrected chi connectivity index (χ2v) is 6.73. The Morgan fingerprint density at radius 1 is 1.35 bits per heavy atom. The van der Waals surface area contributed by atoms with Crippen LogP contribution in [0.25, 0.3) is 0 Å². The second kappa shape index (κ2) is 3.80. The van der Waals surface area contributed by atoms with Gasteiger partial charge >= 0.3 is 11.9 Å². The van der Waals surface area contributed by atoms with E-state index >= 15 is 0 Å². The van der Waals surface area contributed by atoms with E-state index in [1.165, 1.54) is 0 Å². The Morgan fingerprint density at radius 3 is 2.41 bits per heavy atom. The smallest absolute Gasteiger partial charge is 0.393 e. The maximum Gasteiger partial charge on any atom is 0.393 e. The molecule has 0 aliphatic carbocycles. The number of nitrogens with zero attached hydrogens (tertiary/aromatic N) is 2.